The fraction of sp³-hybridized carbons (Fsp3) is 0. The Morgan fingerprint density at radius 2 is 1.11 bits per heavy atom. The maximum absolute atomic E-state index is 9.19. The molecular formula is C27H13Cl4N5. The number of H-pyrrole nitrogens is 2. The lowest BCUT2D eigenvalue weighted by Crippen LogP contribution is -1.82. The SMILES string of the molecule is N#Cc1ccc(-c2cc3[nH]c2c(Cl)c2nc(c(Cl)c4ccc([nH]4)c(Cl)c4nc(c3Cl)C=C4)C=C2)cc1. The number of aromatic amines is 2. The molecular weight excluding hydrogens is 536 g/mol. The summed E-state index contributed by atoms with van der Waals surface area (Å²) in [7, 11) is 0. The second-order valence-electron chi connectivity index (χ2n) is 8.13. The molecule has 0 spiro atoms. The molecule has 2 N–H and O–H groups in total. The highest BCUT2D eigenvalue weighted by Gasteiger charge is 2.16. The van der Waals surface area contributed by atoms with Gasteiger partial charge in [0.15, 0.2) is 0 Å². The van der Waals surface area contributed by atoms with Crippen molar-refractivity contribution in [2.75, 3.05) is 0 Å². The van der Waals surface area contributed by atoms with Crippen LogP contribution in [0, 0.1) is 11.3 Å². The van der Waals surface area contributed by atoms with E-state index < -0.39 is 0 Å². The maximum Gasteiger partial charge on any atom is 0.0991 e. The van der Waals surface area contributed by atoms with Gasteiger partial charge in [-0.1, -0.05) is 58.5 Å². The summed E-state index contributed by atoms with van der Waals surface area (Å²) < 4.78 is 0. The van der Waals surface area contributed by atoms with Crippen molar-refractivity contribution in [1.82, 2.24) is 19.9 Å². The Bertz CT molecular complexity index is 1840. The Morgan fingerprint density at radius 1 is 0.611 bits per heavy atom. The molecule has 0 unspecified atom stereocenters. The predicted molar refractivity (Wildman–Crippen MR) is 149 cm³/mol. The highest BCUT2D eigenvalue weighted by atomic mass is 35.5. The molecule has 5 nitrogen and oxygen atoms in total. The second-order valence-corrected chi connectivity index (χ2v) is 9.65. The van der Waals surface area contributed by atoms with Crippen LogP contribution in [-0.4, -0.2) is 19.9 Å². The topological polar surface area (TPSA) is 81.1 Å². The van der Waals surface area contributed by atoms with E-state index in [1.807, 2.05) is 30.3 Å². The molecule has 9 heteroatoms. The Balaban J connectivity index is 1.76. The van der Waals surface area contributed by atoms with Crippen LogP contribution in [0.2, 0.25) is 20.1 Å². The van der Waals surface area contributed by atoms with Gasteiger partial charge in [-0.15, -0.1) is 0 Å². The molecule has 2 aliphatic heterocycles. The van der Waals surface area contributed by atoms with Crippen LogP contribution in [0.5, 0.6) is 0 Å². The number of benzene rings is 1. The van der Waals surface area contributed by atoms with Crippen molar-refractivity contribution in [2.24, 2.45) is 0 Å². The lowest BCUT2D eigenvalue weighted by Gasteiger charge is -2.01. The molecule has 174 valence electrons. The van der Waals surface area contributed by atoms with Crippen molar-refractivity contribution in [3.05, 3.63) is 90.9 Å². The van der Waals surface area contributed by atoms with Gasteiger partial charge in [0.1, 0.15) is 0 Å². The zero-order chi connectivity index (χ0) is 25.0. The monoisotopic (exact) mass is 547 g/mol. The van der Waals surface area contributed by atoms with E-state index in [4.69, 9.17) is 46.4 Å². The van der Waals surface area contributed by atoms with Gasteiger partial charge < -0.3 is 9.97 Å². The third kappa shape index (κ3) is 3.80. The van der Waals surface area contributed by atoms with Crippen LogP contribution < -0.4 is 0 Å². The lowest BCUT2D eigenvalue weighted by molar-refractivity contribution is 1.31. The summed E-state index contributed by atoms with van der Waals surface area (Å²) in [6, 6.07) is 14.9. The number of hydrogen-bond donors (Lipinski definition) is 2. The van der Waals surface area contributed by atoms with E-state index in [9.17, 15) is 5.26 Å². The number of halogens is 4. The molecule has 3 aromatic heterocycles. The van der Waals surface area contributed by atoms with Crippen molar-refractivity contribution in [2.45, 2.75) is 0 Å². The Morgan fingerprint density at radius 3 is 1.64 bits per heavy atom. The van der Waals surface area contributed by atoms with Gasteiger partial charge in [-0.2, -0.15) is 5.26 Å². The molecule has 0 atom stereocenters. The van der Waals surface area contributed by atoms with E-state index in [1.54, 1.807) is 36.4 Å². The summed E-state index contributed by atoms with van der Waals surface area (Å²) in [4.78, 5) is 15.9. The van der Waals surface area contributed by atoms with E-state index in [0.717, 1.165) is 11.1 Å². The number of rotatable bonds is 1. The van der Waals surface area contributed by atoms with Gasteiger partial charge in [-0.05, 0) is 60.2 Å². The third-order valence-electron chi connectivity index (χ3n) is 5.94. The molecule has 8 bridgehead atoms. The van der Waals surface area contributed by atoms with Crippen molar-refractivity contribution < 1.29 is 0 Å². The first-order chi connectivity index (χ1) is 17.4. The number of fused-ring (bicyclic) bond motifs is 8. The van der Waals surface area contributed by atoms with Gasteiger partial charge in [-0.25, -0.2) is 9.97 Å². The predicted octanol–water partition coefficient (Wildman–Crippen LogP) is 8.81. The molecule has 36 heavy (non-hydrogen) atoms. The van der Waals surface area contributed by atoms with Crippen LogP contribution in [0.4, 0.5) is 0 Å². The fourth-order valence-corrected chi connectivity index (χ4v) is 5.00. The van der Waals surface area contributed by atoms with Crippen LogP contribution >= 0.6 is 46.4 Å². The largest absolute Gasteiger partial charge is 0.353 e. The average molecular weight is 549 g/mol. The standard InChI is InChI=1S/C27H13Cl4N5/c28-23-16-5-6-17(33-16)24(29)19-9-10-21(35-19)26(31)27-15(14-3-1-13(12-32)2-4-14)11-22(36-27)25(30)20-8-7-18(23)34-20/h1-11,33,36H. The van der Waals surface area contributed by atoms with E-state index in [-0.39, 0.29) is 0 Å². The quantitative estimate of drug-likeness (QED) is 0.215. The summed E-state index contributed by atoms with van der Waals surface area (Å²) in [6.45, 7) is 0. The van der Waals surface area contributed by atoms with Crippen molar-refractivity contribution in [1.29, 1.82) is 5.26 Å². The van der Waals surface area contributed by atoms with Gasteiger partial charge in [0.2, 0.25) is 0 Å². The number of aromatic nitrogens is 4. The van der Waals surface area contributed by atoms with Crippen LogP contribution in [0.3, 0.4) is 0 Å². The second kappa shape index (κ2) is 8.85. The Labute approximate surface area is 225 Å². The average Bonchev–Trinajstić information content (AvgIpc) is 3.72. The molecule has 0 amide bonds. The van der Waals surface area contributed by atoms with Crippen molar-refractivity contribution in [3.63, 3.8) is 0 Å². The number of nitrogens with zero attached hydrogens (tertiary/aromatic N) is 3. The van der Waals surface area contributed by atoms with Crippen molar-refractivity contribution in [3.8, 4) is 17.2 Å². The normalized spacial score (nSPS) is 12.2. The van der Waals surface area contributed by atoms with E-state index in [1.165, 1.54) is 0 Å². The molecule has 0 aliphatic carbocycles. The van der Waals surface area contributed by atoms with Crippen LogP contribution in [0.1, 0.15) is 28.3 Å². The first-order valence-electron chi connectivity index (χ1n) is 10.8. The highest BCUT2D eigenvalue weighted by molar-refractivity contribution is 6.39. The van der Waals surface area contributed by atoms with Gasteiger partial charge >= 0.3 is 0 Å². The molecule has 2 aliphatic rings. The molecule has 0 saturated carbocycles. The first kappa shape index (κ1) is 22.9. The first-order valence-corrected chi connectivity index (χ1v) is 12.3. The number of hydrogen-bond acceptors (Lipinski definition) is 3. The van der Waals surface area contributed by atoms with Gasteiger partial charge in [0.25, 0.3) is 0 Å². The summed E-state index contributed by atoms with van der Waals surface area (Å²) in [5.74, 6) is 0. The molecule has 0 radical (unpaired) electrons. The minimum Gasteiger partial charge on any atom is -0.353 e. The van der Waals surface area contributed by atoms with E-state index >= 15 is 0 Å². The van der Waals surface area contributed by atoms with Crippen LogP contribution in [0.15, 0.2) is 42.5 Å². The molecule has 0 saturated heterocycles. The van der Waals surface area contributed by atoms with Gasteiger partial charge in [0.05, 0.1) is 76.6 Å². The minimum atomic E-state index is 0.396. The Hall–Kier alpha value is -3.53. The van der Waals surface area contributed by atoms with Crippen LogP contribution in [-0.2, 0) is 0 Å². The van der Waals surface area contributed by atoms with Gasteiger partial charge in [0, 0.05) is 5.56 Å². The summed E-state index contributed by atoms with van der Waals surface area (Å²) in [5, 5.41) is 10.9. The lowest BCUT2D eigenvalue weighted by atomic mass is 10.0. The minimum absolute atomic E-state index is 0.396. The molecule has 4 aromatic rings. The molecule has 5 heterocycles. The molecule has 6 rings (SSSR count). The summed E-state index contributed by atoms with van der Waals surface area (Å²) in [6.07, 6.45) is 7.22. The Kier molecular flexibility index (Phi) is 5.63. The smallest absolute Gasteiger partial charge is 0.0991 e. The summed E-state index contributed by atoms with van der Waals surface area (Å²) >= 11 is 27.0. The number of nitrogens with one attached hydrogen (secondary N) is 2. The van der Waals surface area contributed by atoms with E-state index in [2.05, 4.69) is 26.0 Å². The zero-order valence-corrected chi connectivity index (χ0v) is 21.2. The fourth-order valence-electron chi connectivity index (χ4n) is 4.10. The highest BCUT2D eigenvalue weighted by Crippen LogP contribution is 2.37. The van der Waals surface area contributed by atoms with E-state index in [0.29, 0.717) is 70.5 Å². The summed E-state index contributed by atoms with van der Waals surface area (Å²) in [5.41, 5.74) is 7.01. The maximum atomic E-state index is 9.19. The number of nitriles is 1. The zero-order valence-electron chi connectivity index (χ0n) is 18.2. The molecule has 0 fully saturated rings. The third-order valence-corrected chi connectivity index (χ3v) is 7.51. The molecule has 1 aromatic carbocycles. The van der Waals surface area contributed by atoms with Gasteiger partial charge in [-0.3, -0.25) is 0 Å². The van der Waals surface area contributed by atoms with Crippen molar-refractivity contribution >= 4 is 92.8 Å². The van der Waals surface area contributed by atoms with Crippen LogP contribution in [0.25, 0.3) is 57.5 Å².